The molecule has 2 N–H and O–H groups in total. The van der Waals surface area contributed by atoms with E-state index in [2.05, 4.69) is 38.8 Å². The molecule has 10 nitrogen and oxygen atoms in total. The first kappa shape index (κ1) is 29.9. The van der Waals surface area contributed by atoms with Gasteiger partial charge in [-0.25, -0.2) is 4.79 Å². The number of para-hydroxylation sites is 1. The van der Waals surface area contributed by atoms with E-state index in [4.69, 9.17) is 19.6 Å². The first-order chi connectivity index (χ1) is 17.7. The van der Waals surface area contributed by atoms with Gasteiger partial charge in [-0.05, 0) is 36.5 Å². The van der Waals surface area contributed by atoms with Gasteiger partial charge in [-0.3, -0.25) is 14.7 Å². The Bertz CT molecular complexity index is 1190. The normalized spacial score (nSPS) is 21.1. The highest BCUT2D eigenvalue weighted by molar-refractivity contribution is 6.74. The minimum atomic E-state index is -2.04. The van der Waals surface area contributed by atoms with Crippen LogP contribution in [0.3, 0.4) is 0 Å². The summed E-state index contributed by atoms with van der Waals surface area (Å²) in [5.41, 5.74) is 6.61. The second-order valence-corrected chi connectivity index (χ2v) is 16.6. The number of nitrogen functional groups attached to an aromatic ring is 1. The number of nitro benzene ring substituents is 1. The molecule has 38 heavy (non-hydrogen) atoms. The molecule has 1 aliphatic heterocycles. The van der Waals surface area contributed by atoms with Crippen LogP contribution >= 0.6 is 0 Å². The summed E-state index contributed by atoms with van der Waals surface area (Å²) >= 11 is 0. The van der Waals surface area contributed by atoms with Gasteiger partial charge < -0.3 is 19.6 Å². The average Bonchev–Trinajstić information content (AvgIpc) is 3.21. The van der Waals surface area contributed by atoms with Crippen molar-refractivity contribution in [2.75, 3.05) is 5.73 Å². The van der Waals surface area contributed by atoms with Crippen molar-refractivity contribution in [3.8, 4) is 0 Å². The second-order valence-electron chi connectivity index (χ2n) is 11.8. The highest BCUT2D eigenvalue weighted by Crippen LogP contribution is 2.41. The molecule has 0 saturated carbocycles. The first-order valence-electron chi connectivity index (χ1n) is 13.2. The summed E-state index contributed by atoms with van der Waals surface area (Å²) in [6.07, 6.45) is 1.57. The maximum absolute atomic E-state index is 12.9. The van der Waals surface area contributed by atoms with Crippen molar-refractivity contribution < 1.29 is 18.8 Å². The Morgan fingerprint density at radius 1 is 1.29 bits per heavy atom. The Labute approximate surface area is 225 Å². The molecule has 3 rings (SSSR count). The van der Waals surface area contributed by atoms with Gasteiger partial charge in [0.15, 0.2) is 8.32 Å². The third-order valence-electron chi connectivity index (χ3n) is 7.67. The van der Waals surface area contributed by atoms with E-state index in [0.29, 0.717) is 17.5 Å². The van der Waals surface area contributed by atoms with E-state index in [1.807, 2.05) is 20.8 Å². The first-order valence-corrected chi connectivity index (χ1v) is 16.1. The Morgan fingerprint density at radius 2 is 1.95 bits per heavy atom. The van der Waals surface area contributed by atoms with Crippen LogP contribution in [-0.4, -0.2) is 35.0 Å². The standard InChI is InChI=1S/C27H42N4O6Si/c1-9-21-22(37-38(7,8)27(4,5)6)14-23(36-21)30-15-18(25(28)29-26(30)32)16-35-24(17(2)3)19-12-10-11-13-20(19)31(33)34/h10-13,15,17,21-24H,9,14,16H2,1-8H3,(H2,28,29,32)/t21-,22?,23-,24+/m1/s1. The van der Waals surface area contributed by atoms with Crippen LogP contribution < -0.4 is 11.4 Å². The van der Waals surface area contributed by atoms with Crippen molar-refractivity contribution in [2.45, 2.75) is 104 Å². The van der Waals surface area contributed by atoms with Gasteiger partial charge in [0.05, 0.1) is 35.4 Å². The quantitative estimate of drug-likeness (QED) is 0.227. The molecule has 1 unspecified atom stereocenters. The van der Waals surface area contributed by atoms with Gasteiger partial charge in [-0.15, -0.1) is 0 Å². The number of anilines is 1. The van der Waals surface area contributed by atoms with Gasteiger partial charge in [-0.2, -0.15) is 4.98 Å². The fourth-order valence-corrected chi connectivity index (χ4v) is 5.83. The third-order valence-corrected chi connectivity index (χ3v) is 12.2. The molecule has 1 fully saturated rings. The van der Waals surface area contributed by atoms with Crippen molar-refractivity contribution >= 4 is 19.8 Å². The zero-order valence-electron chi connectivity index (χ0n) is 23.8. The van der Waals surface area contributed by atoms with E-state index in [9.17, 15) is 14.9 Å². The van der Waals surface area contributed by atoms with Crippen LogP contribution in [0.2, 0.25) is 18.1 Å². The van der Waals surface area contributed by atoms with Crippen molar-refractivity contribution in [1.82, 2.24) is 9.55 Å². The summed E-state index contributed by atoms with van der Waals surface area (Å²) in [6.45, 7) is 17.0. The number of hydrogen-bond donors (Lipinski definition) is 1. The van der Waals surface area contributed by atoms with E-state index in [1.165, 1.54) is 10.6 Å². The van der Waals surface area contributed by atoms with Crippen LogP contribution in [0, 0.1) is 16.0 Å². The van der Waals surface area contributed by atoms with E-state index in [1.54, 1.807) is 24.4 Å². The maximum atomic E-state index is 12.9. The zero-order valence-corrected chi connectivity index (χ0v) is 24.8. The monoisotopic (exact) mass is 546 g/mol. The largest absolute Gasteiger partial charge is 0.411 e. The van der Waals surface area contributed by atoms with Crippen molar-refractivity contribution in [2.24, 2.45) is 5.92 Å². The van der Waals surface area contributed by atoms with Crippen molar-refractivity contribution in [1.29, 1.82) is 0 Å². The lowest BCUT2D eigenvalue weighted by Crippen LogP contribution is -2.45. The molecular formula is C27H42N4O6Si. The number of nitrogens with zero attached hydrogens (tertiary/aromatic N) is 3. The molecule has 2 aromatic rings. The van der Waals surface area contributed by atoms with Crippen LogP contribution in [0.1, 0.15) is 77.8 Å². The van der Waals surface area contributed by atoms with Crippen molar-refractivity contribution in [3.05, 3.63) is 62.2 Å². The molecule has 1 aromatic heterocycles. The van der Waals surface area contributed by atoms with Gasteiger partial charge in [0, 0.05) is 24.2 Å². The average molecular weight is 547 g/mol. The third kappa shape index (κ3) is 6.51. The fraction of sp³-hybridized carbons (Fsp3) is 0.630. The van der Waals surface area contributed by atoms with Gasteiger partial charge in [-0.1, -0.05) is 53.7 Å². The summed E-state index contributed by atoms with van der Waals surface area (Å²) in [6, 6.07) is 6.55. The van der Waals surface area contributed by atoms with Gasteiger partial charge in [0.2, 0.25) is 0 Å². The Kier molecular flexibility index (Phi) is 9.18. The second kappa shape index (κ2) is 11.6. The number of nitrogens with two attached hydrogens (primary N) is 1. The summed E-state index contributed by atoms with van der Waals surface area (Å²) in [4.78, 5) is 28.1. The lowest BCUT2D eigenvalue weighted by atomic mass is 9.97. The van der Waals surface area contributed by atoms with Crippen LogP contribution in [0.25, 0.3) is 0 Å². The molecule has 4 atom stereocenters. The van der Waals surface area contributed by atoms with Gasteiger partial charge in [0.25, 0.3) is 5.69 Å². The maximum Gasteiger partial charge on any atom is 0.351 e. The van der Waals surface area contributed by atoms with E-state index in [0.717, 1.165) is 6.42 Å². The number of ether oxygens (including phenoxy) is 2. The summed E-state index contributed by atoms with van der Waals surface area (Å²) < 4.78 is 20.6. The molecular weight excluding hydrogens is 504 g/mol. The SMILES string of the molecule is CC[C@H]1O[C@@H](n2cc(CO[C@H](c3ccccc3[N+](=O)[O-])C(C)C)c(N)nc2=O)CC1O[Si](C)(C)C(C)(C)C. The van der Waals surface area contributed by atoms with E-state index >= 15 is 0 Å². The summed E-state index contributed by atoms with van der Waals surface area (Å²) in [5, 5.41) is 11.6. The van der Waals surface area contributed by atoms with E-state index in [-0.39, 0.29) is 41.3 Å². The topological polar surface area (TPSA) is 132 Å². The molecule has 0 bridgehead atoms. The predicted octanol–water partition coefficient (Wildman–Crippen LogP) is 5.74. The summed E-state index contributed by atoms with van der Waals surface area (Å²) in [7, 11) is -2.04. The lowest BCUT2D eigenvalue weighted by molar-refractivity contribution is -0.386. The minimum absolute atomic E-state index is 0.00000297. The van der Waals surface area contributed by atoms with Gasteiger partial charge >= 0.3 is 5.69 Å². The predicted molar refractivity (Wildman–Crippen MR) is 149 cm³/mol. The molecule has 1 aliphatic rings. The minimum Gasteiger partial charge on any atom is -0.411 e. The van der Waals surface area contributed by atoms with Crippen LogP contribution in [0.4, 0.5) is 11.5 Å². The van der Waals surface area contributed by atoms with Crippen molar-refractivity contribution in [3.63, 3.8) is 0 Å². The van der Waals surface area contributed by atoms with Gasteiger partial charge in [0.1, 0.15) is 12.0 Å². The van der Waals surface area contributed by atoms with Crippen LogP contribution in [0.15, 0.2) is 35.3 Å². The number of nitro groups is 1. The Morgan fingerprint density at radius 3 is 2.53 bits per heavy atom. The molecule has 11 heteroatoms. The molecule has 0 amide bonds. The smallest absolute Gasteiger partial charge is 0.351 e. The number of hydrogen-bond acceptors (Lipinski definition) is 8. The van der Waals surface area contributed by atoms with Crippen LogP contribution in [-0.2, 0) is 20.5 Å². The zero-order chi connectivity index (χ0) is 28.4. The Hall–Kier alpha value is -2.60. The lowest BCUT2D eigenvalue weighted by Gasteiger charge is -2.39. The molecule has 0 radical (unpaired) electrons. The highest BCUT2D eigenvalue weighted by atomic mass is 28.4. The molecule has 0 spiro atoms. The highest BCUT2D eigenvalue weighted by Gasteiger charge is 2.44. The van der Waals surface area contributed by atoms with Crippen LogP contribution in [0.5, 0.6) is 0 Å². The number of benzene rings is 1. The number of aromatic nitrogens is 2. The molecule has 1 saturated heterocycles. The summed E-state index contributed by atoms with van der Waals surface area (Å²) in [5.74, 6) is 0.0170. The molecule has 0 aliphatic carbocycles. The fourth-order valence-electron chi connectivity index (χ4n) is 4.47. The molecule has 210 valence electrons. The Balaban J connectivity index is 1.85. The molecule has 2 heterocycles. The number of rotatable bonds is 10. The van der Waals surface area contributed by atoms with E-state index < -0.39 is 31.3 Å². The molecule has 1 aromatic carbocycles.